The minimum atomic E-state index is -0.333. The standard InChI is InChI=1S/C11H15N5OS/c1-3-4-7-8(12)9(16-15-7)10(17)14-11-13-5-6(2)18-11/h5H,3-4,12H2,1-2H3,(H,15,16)(H,13,14,17). The second-order valence-electron chi connectivity index (χ2n) is 3.94. The molecule has 0 bridgehead atoms. The van der Waals surface area contributed by atoms with Crippen molar-refractivity contribution in [2.75, 3.05) is 11.1 Å². The Labute approximate surface area is 109 Å². The number of hydrogen-bond acceptors (Lipinski definition) is 5. The highest BCUT2D eigenvalue weighted by Gasteiger charge is 2.17. The summed E-state index contributed by atoms with van der Waals surface area (Å²) in [6.45, 7) is 3.97. The van der Waals surface area contributed by atoms with Gasteiger partial charge in [-0.2, -0.15) is 5.10 Å². The lowest BCUT2D eigenvalue weighted by Crippen LogP contribution is -2.14. The second kappa shape index (κ2) is 5.18. The Kier molecular flexibility index (Phi) is 3.61. The first-order chi connectivity index (χ1) is 8.61. The zero-order valence-electron chi connectivity index (χ0n) is 10.3. The van der Waals surface area contributed by atoms with Gasteiger partial charge in [0.15, 0.2) is 10.8 Å². The normalized spacial score (nSPS) is 10.6. The molecular weight excluding hydrogens is 250 g/mol. The summed E-state index contributed by atoms with van der Waals surface area (Å²) in [6, 6.07) is 0. The lowest BCUT2D eigenvalue weighted by atomic mass is 10.2. The number of aryl methyl sites for hydroxylation is 2. The summed E-state index contributed by atoms with van der Waals surface area (Å²) < 4.78 is 0. The number of carbonyl (C=O) groups excluding carboxylic acids is 1. The third-order valence-corrected chi connectivity index (χ3v) is 3.27. The fourth-order valence-corrected chi connectivity index (χ4v) is 2.23. The van der Waals surface area contributed by atoms with Crippen molar-refractivity contribution in [1.82, 2.24) is 15.2 Å². The van der Waals surface area contributed by atoms with Crippen molar-refractivity contribution in [2.45, 2.75) is 26.7 Å². The lowest BCUT2D eigenvalue weighted by molar-refractivity contribution is 0.102. The molecule has 2 aromatic rings. The zero-order chi connectivity index (χ0) is 13.1. The Morgan fingerprint density at radius 1 is 1.61 bits per heavy atom. The highest BCUT2D eigenvalue weighted by Crippen LogP contribution is 2.20. The molecular formula is C11H15N5OS. The monoisotopic (exact) mass is 265 g/mol. The van der Waals surface area contributed by atoms with E-state index < -0.39 is 0 Å². The van der Waals surface area contributed by atoms with E-state index in [0.717, 1.165) is 23.4 Å². The van der Waals surface area contributed by atoms with E-state index in [1.54, 1.807) is 6.20 Å². The fraction of sp³-hybridized carbons (Fsp3) is 0.364. The summed E-state index contributed by atoms with van der Waals surface area (Å²) in [4.78, 5) is 17.1. The largest absolute Gasteiger partial charge is 0.395 e. The summed E-state index contributed by atoms with van der Waals surface area (Å²) in [5.41, 5.74) is 7.33. The van der Waals surface area contributed by atoms with Crippen LogP contribution in [0.5, 0.6) is 0 Å². The third-order valence-electron chi connectivity index (χ3n) is 2.44. The van der Waals surface area contributed by atoms with Crippen molar-refractivity contribution >= 4 is 28.1 Å². The number of thiazole rings is 1. The van der Waals surface area contributed by atoms with Gasteiger partial charge >= 0.3 is 0 Å². The van der Waals surface area contributed by atoms with Gasteiger partial charge in [0.1, 0.15) is 0 Å². The van der Waals surface area contributed by atoms with E-state index in [1.807, 2.05) is 13.8 Å². The van der Waals surface area contributed by atoms with Gasteiger partial charge in [-0.3, -0.25) is 15.2 Å². The van der Waals surface area contributed by atoms with E-state index in [9.17, 15) is 4.79 Å². The zero-order valence-corrected chi connectivity index (χ0v) is 11.1. The average Bonchev–Trinajstić information content (AvgIpc) is 2.87. The van der Waals surface area contributed by atoms with Crippen LogP contribution in [-0.4, -0.2) is 21.1 Å². The van der Waals surface area contributed by atoms with Gasteiger partial charge in [-0.05, 0) is 13.3 Å². The number of hydrogen-bond donors (Lipinski definition) is 3. The first kappa shape index (κ1) is 12.6. The van der Waals surface area contributed by atoms with Crippen LogP contribution in [0.15, 0.2) is 6.20 Å². The van der Waals surface area contributed by atoms with Crippen LogP contribution in [0, 0.1) is 6.92 Å². The number of rotatable bonds is 4. The Balaban J connectivity index is 2.14. The molecule has 0 spiro atoms. The van der Waals surface area contributed by atoms with Gasteiger partial charge in [0, 0.05) is 11.1 Å². The van der Waals surface area contributed by atoms with Gasteiger partial charge in [0.05, 0.1) is 11.4 Å². The Bertz CT molecular complexity index is 560. The fourth-order valence-electron chi connectivity index (χ4n) is 1.57. The minimum absolute atomic E-state index is 0.228. The SMILES string of the molecule is CCCc1[nH]nc(C(=O)Nc2ncc(C)s2)c1N. The molecule has 2 rings (SSSR count). The van der Waals surface area contributed by atoms with Gasteiger partial charge < -0.3 is 5.73 Å². The predicted octanol–water partition coefficient (Wildman–Crippen LogP) is 1.96. The van der Waals surface area contributed by atoms with Crippen LogP contribution in [0.2, 0.25) is 0 Å². The summed E-state index contributed by atoms with van der Waals surface area (Å²) >= 11 is 1.41. The smallest absolute Gasteiger partial charge is 0.280 e. The molecule has 0 radical (unpaired) electrons. The van der Waals surface area contributed by atoms with Gasteiger partial charge in [-0.25, -0.2) is 4.98 Å². The van der Waals surface area contributed by atoms with Crippen LogP contribution in [0.1, 0.15) is 34.4 Å². The number of amides is 1. The van der Waals surface area contributed by atoms with Crippen molar-refractivity contribution in [2.24, 2.45) is 0 Å². The summed E-state index contributed by atoms with van der Waals surface area (Å²) in [5, 5.41) is 9.98. The van der Waals surface area contributed by atoms with Gasteiger partial charge in [0.2, 0.25) is 0 Å². The molecule has 0 saturated heterocycles. The van der Waals surface area contributed by atoms with E-state index in [-0.39, 0.29) is 11.6 Å². The Hall–Kier alpha value is -1.89. The first-order valence-electron chi connectivity index (χ1n) is 5.68. The van der Waals surface area contributed by atoms with Crippen LogP contribution in [-0.2, 0) is 6.42 Å². The first-order valence-corrected chi connectivity index (χ1v) is 6.50. The maximum absolute atomic E-state index is 12.0. The molecule has 7 heteroatoms. The van der Waals surface area contributed by atoms with E-state index in [1.165, 1.54) is 11.3 Å². The highest BCUT2D eigenvalue weighted by atomic mass is 32.1. The molecule has 96 valence electrons. The van der Waals surface area contributed by atoms with E-state index in [0.29, 0.717) is 10.8 Å². The number of carbonyl (C=O) groups is 1. The summed E-state index contributed by atoms with van der Waals surface area (Å²) in [6.07, 6.45) is 3.43. The van der Waals surface area contributed by atoms with Crippen LogP contribution in [0.4, 0.5) is 10.8 Å². The molecule has 4 N–H and O–H groups in total. The van der Waals surface area contributed by atoms with Crippen molar-refractivity contribution in [3.63, 3.8) is 0 Å². The second-order valence-corrected chi connectivity index (χ2v) is 5.18. The molecule has 0 aliphatic rings. The molecule has 18 heavy (non-hydrogen) atoms. The van der Waals surface area contributed by atoms with Gasteiger partial charge in [-0.15, -0.1) is 11.3 Å². The molecule has 1 amide bonds. The number of aromatic amines is 1. The number of nitrogens with zero attached hydrogens (tertiary/aromatic N) is 2. The Morgan fingerprint density at radius 3 is 3.00 bits per heavy atom. The number of nitrogen functional groups attached to an aromatic ring is 1. The number of nitrogens with two attached hydrogens (primary N) is 1. The topological polar surface area (TPSA) is 96.7 Å². The molecule has 0 atom stereocenters. The number of aromatic nitrogens is 3. The molecule has 0 saturated carbocycles. The Morgan fingerprint density at radius 2 is 2.39 bits per heavy atom. The minimum Gasteiger partial charge on any atom is -0.395 e. The maximum atomic E-state index is 12.0. The molecule has 2 aromatic heterocycles. The molecule has 0 fully saturated rings. The van der Waals surface area contributed by atoms with E-state index in [2.05, 4.69) is 20.5 Å². The van der Waals surface area contributed by atoms with Crippen molar-refractivity contribution in [1.29, 1.82) is 0 Å². The van der Waals surface area contributed by atoms with Crippen LogP contribution in [0.25, 0.3) is 0 Å². The molecule has 0 aliphatic carbocycles. The quantitative estimate of drug-likeness (QED) is 0.787. The molecule has 0 aromatic carbocycles. The van der Waals surface area contributed by atoms with Crippen molar-refractivity contribution in [3.05, 3.63) is 22.5 Å². The molecule has 0 aliphatic heterocycles. The van der Waals surface area contributed by atoms with Crippen LogP contribution in [0.3, 0.4) is 0 Å². The average molecular weight is 265 g/mol. The van der Waals surface area contributed by atoms with E-state index >= 15 is 0 Å². The molecule has 6 nitrogen and oxygen atoms in total. The third kappa shape index (κ3) is 2.51. The molecule has 0 unspecified atom stereocenters. The van der Waals surface area contributed by atoms with E-state index in [4.69, 9.17) is 5.73 Å². The molecule has 2 heterocycles. The number of H-pyrrole nitrogens is 1. The van der Waals surface area contributed by atoms with Gasteiger partial charge in [-0.1, -0.05) is 13.3 Å². The summed E-state index contributed by atoms with van der Waals surface area (Å²) in [5.74, 6) is -0.333. The van der Waals surface area contributed by atoms with Crippen molar-refractivity contribution in [3.8, 4) is 0 Å². The van der Waals surface area contributed by atoms with Crippen LogP contribution >= 0.6 is 11.3 Å². The van der Waals surface area contributed by atoms with Crippen LogP contribution < -0.4 is 11.1 Å². The number of nitrogens with one attached hydrogen (secondary N) is 2. The number of anilines is 2. The summed E-state index contributed by atoms with van der Waals surface area (Å²) in [7, 11) is 0. The lowest BCUT2D eigenvalue weighted by Gasteiger charge is -1.99. The van der Waals surface area contributed by atoms with Gasteiger partial charge in [0.25, 0.3) is 5.91 Å². The maximum Gasteiger partial charge on any atom is 0.280 e. The van der Waals surface area contributed by atoms with Crippen molar-refractivity contribution < 1.29 is 4.79 Å². The highest BCUT2D eigenvalue weighted by molar-refractivity contribution is 7.15. The predicted molar refractivity (Wildman–Crippen MR) is 71.8 cm³/mol.